The van der Waals surface area contributed by atoms with Crippen molar-refractivity contribution in [1.29, 1.82) is 0 Å². The predicted molar refractivity (Wildman–Crippen MR) is 98.3 cm³/mol. The summed E-state index contributed by atoms with van der Waals surface area (Å²) >= 11 is 0. The quantitative estimate of drug-likeness (QED) is 0.703. The van der Waals surface area contributed by atoms with Crippen molar-refractivity contribution >= 4 is 17.5 Å². The van der Waals surface area contributed by atoms with E-state index in [4.69, 9.17) is 5.73 Å². The van der Waals surface area contributed by atoms with E-state index in [2.05, 4.69) is 25.5 Å². The summed E-state index contributed by atoms with van der Waals surface area (Å²) in [7, 11) is 1.84. The first-order chi connectivity index (χ1) is 12.2. The molecule has 2 atom stereocenters. The molecule has 0 saturated carbocycles. The van der Waals surface area contributed by atoms with Gasteiger partial charge in [0.2, 0.25) is 5.91 Å². The summed E-state index contributed by atoms with van der Waals surface area (Å²) in [6.45, 7) is 1.61. The maximum absolute atomic E-state index is 11.9. The Morgan fingerprint density at radius 3 is 2.88 bits per heavy atom. The molecule has 7 heteroatoms. The van der Waals surface area contributed by atoms with Crippen molar-refractivity contribution in [3.63, 3.8) is 0 Å². The molecular weight excluding hydrogens is 316 g/mol. The van der Waals surface area contributed by atoms with E-state index < -0.39 is 6.04 Å². The van der Waals surface area contributed by atoms with E-state index in [1.54, 1.807) is 6.33 Å². The van der Waals surface area contributed by atoms with Gasteiger partial charge in [0.15, 0.2) is 0 Å². The summed E-state index contributed by atoms with van der Waals surface area (Å²) in [5, 5.41) is 6.37. The highest BCUT2D eigenvalue weighted by molar-refractivity contribution is 5.81. The molecule has 1 amide bonds. The van der Waals surface area contributed by atoms with Crippen LogP contribution in [0.4, 0.5) is 11.6 Å². The zero-order chi connectivity index (χ0) is 17.6. The summed E-state index contributed by atoms with van der Waals surface area (Å²) in [6.07, 6.45) is 3.71. The van der Waals surface area contributed by atoms with Crippen LogP contribution in [0.15, 0.2) is 42.7 Å². The third-order valence-corrected chi connectivity index (χ3v) is 4.56. The Morgan fingerprint density at radius 2 is 2.16 bits per heavy atom. The predicted octanol–water partition coefficient (Wildman–Crippen LogP) is 1.30. The van der Waals surface area contributed by atoms with Crippen molar-refractivity contribution in [1.82, 2.24) is 15.3 Å². The molecule has 1 aliphatic heterocycles. The fraction of sp³-hybridized carbons (Fsp3) is 0.389. The Hall–Kier alpha value is -2.67. The van der Waals surface area contributed by atoms with E-state index in [0.29, 0.717) is 6.54 Å². The number of nitrogens with one attached hydrogen (secondary N) is 2. The van der Waals surface area contributed by atoms with Gasteiger partial charge in [0.05, 0.1) is 0 Å². The number of nitrogens with two attached hydrogens (primary N) is 1. The zero-order valence-electron chi connectivity index (χ0n) is 14.4. The van der Waals surface area contributed by atoms with Crippen molar-refractivity contribution in [2.45, 2.75) is 24.9 Å². The average molecular weight is 340 g/mol. The van der Waals surface area contributed by atoms with E-state index >= 15 is 0 Å². The lowest BCUT2D eigenvalue weighted by molar-refractivity contribution is -0.120. The number of carbonyl (C=O) groups is 1. The molecule has 0 spiro atoms. The van der Waals surface area contributed by atoms with Gasteiger partial charge in [0.1, 0.15) is 24.0 Å². The minimum absolute atomic E-state index is 0.269. The number of hydrogen-bond acceptors (Lipinski definition) is 6. The first-order valence-corrected chi connectivity index (χ1v) is 8.53. The number of amides is 1. The zero-order valence-corrected chi connectivity index (χ0v) is 14.4. The molecule has 3 rings (SSSR count). The monoisotopic (exact) mass is 340 g/mol. The summed E-state index contributed by atoms with van der Waals surface area (Å²) in [4.78, 5) is 22.7. The average Bonchev–Trinajstić information content (AvgIpc) is 3.11. The Bertz CT molecular complexity index is 708. The van der Waals surface area contributed by atoms with E-state index in [1.807, 2.05) is 43.4 Å². The van der Waals surface area contributed by atoms with Crippen LogP contribution in [0.5, 0.6) is 0 Å². The Morgan fingerprint density at radius 1 is 1.36 bits per heavy atom. The van der Waals surface area contributed by atoms with Gasteiger partial charge in [0, 0.05) is 32.2 Å². The maximum atomic E-state index is 11.9. The molecule has 2 unspecified atom stereocenters. The van der Waals surface area contributed by atoms with Gasteiger partial charge in [-0.1, -0.05) is 30.3 Å². The van der Waals surface area contributed by atoms with Gasteiger partial charge in [-0.25, -0.2) is 9.97 Å². The molecule has 2 aromatic rings. The number of anilines is 2. The van der Waals surface area contributed by atoms with Gasteiger partial charge in [-0.05, 0) is 18.4 Å². The van der Waals surface area contributed by atoms with Crippen LogP contribution in [0.1, 0.15) is 24.4 Å². The number of rotatable bonds is 7. The van der Waals surface area contributed by atoms with Gasteiger partial charge >= 0.3 is 0 Å². The first kappa shape index (κ1) is 17.2. The molecule has 2 heterocycles. The van der Waals surface area contributed by atoms with Crippen molar-refractivity contribution in [3.05, 3.63) is 48.3 Å². The highest BCUT2D eigenvalue weighted by Gasteiger charge is 2.27. The second kappa shape index (κ2) is 7.94. The molecule has 0 aliphatic carbocycles. The minimum atomic E-state index is -0.484. The molecule has 1 aromatic carbocycles. The lowest BCUT2D eigenvalue weighted by Gasteiger charge is -2.27. The Balaban J connectivity index is 1.69. The maximum Gasteiger partial charge on any atom is 0.239 e. The molecule has 0 bridgehead atoms. The topological polar surface area (TPSA) is 96.2 Å². The number of primary amides is 1. The van der Waals surface area contributed by atoms with Crippen LogP contribution in [0.3, 0.4) is 0 Å². The van der Waals surface area contributed by atoms with Crippen LogP contribution in [0.25, 0.3) is 0 Å². The number of hydrogen-bond donors (Lipinski definition) is 3. The smallest absolute Gasteiger partial charge is 0.239 e. The van der Waals surface area contributed by atoms with Crippen LogP contribution in [-0.2, 0) is 4.79 Å². The number of benzene rings is 1. The number of aromatic nitrogens is 2. The van der Waals surface area contributed by atoms with E-state index in [9.17, 15) is 4.79 Å². The molecule has 4 N–H and O–H groups in total. The summed E-state index contributed by atoms with van der Waals surface area (Å²) in [5.74, 6) is 1.33. The van der Waals surface area contributed by atoms with Crippen molar-refractivity contribution in [3.8, 4) is 0 Å². The van der Waals surface area contributed by atoms with Gasteiger partial charge in [0.25, 0.3) is 0 Å². The van der Waals surface area contributed by atoms with Gasteiger partial charge in [-0.15, -0.1) is 0 Å². The fourth-order valence-corrected chi connectivity index (χ4v) is 3.27. The van der Waals surface area contributed by atoms with E-state index in [1.165, 1.54) is 0 Å². The lowest BCUT2D eigenvalue weighted by Crippen LogP contribution is -2.43. The standard InChI is InChI=1S/C18H24N6O/c1-20-15-10-16(23-12-22-15)24-9-5-8-14(24)11-21-17(18(19)25)13-6-3-2-4-7-13/h2-4,6-7,10,12,14,17,21H,5,8-9,11H2,1H3,(H2,19,25)(H,20,22,23). The summed E-state index contributed by atoms with van der Waals surface area (Å²) < 4.78 is 0. The minimum Gasteiger partial charge on any atom is -0.373 e. The highest BCUT2D eigenvalue weighted by atomic mass is 16.1. The molecule has 1 fully saturated rings. The number of nitrogens with zero attached hydrogens (tertiary/aromatic N) is 3. The van der Waals surface area contributed by atoms with Crippen LogP contribution in [0.2, 0.25) is 0 Å². The molecule has 1 aromatic heterocycles. The fourth-order valence-electron chi connectivity index (χ4n) is 3.27. The third kappa shape index (κ3) is 4.06. The largest absolute Gasteiger partial charge is 0.373 e. The van der Waals surface area contributed by atoms with Crippen LogP contribution in [-0.4, -0.2) is 42.1 Å². The molecule has 0 radical (unpaired) electrons. The van der Waals surface area contributed by atoms with Crippen LogP contribution in [0, 0.1) is 0 Å². The highest BCUT2D eigenvalue weighted by Crippen LogP contribution is 2.25. The third-order valence-electron chi connectivity index (χ3n) is 4.56. The van der Waals surface area contributed by atoms with E-state index in [0.717, 1.165) is 36.6 Å². The lowest BCUT2D eigenvalue weighted by atomic mass is 10.1. The van der Waals surface area contributed by atoms with Crippen molar-refractivity contribution in [2.75, 3.05) is 30.4 Å². The first-order valence-electron chi connectivity index (χ1n) is 8.53. The van der Waals surface area contributed by atoms with Gasteiger partial charge in [-0.3, -0.25) is 4.79 Å². The normalized spacial score (nSPS) is 18.1. The SMILES string of the molecule is CNc1cc(N2CCCC2CNC(C(N)=O)c2ccccc2)ncn1. The summed E-state index contributed by atoms with van der Waals surface area (Å²) in [5.41, 5.74) is 6.48. The second-order valence-corrected chi connectivity index (χ2v) is 6.16. The Labute approximate surface area is 147 Å². The van der Waals surface area contributed by atoms with E-state index in [-0.39, 0.29) is 11.9 Å². The van der Waals surface area contributed by atoms with Crippen LogP contribution < -0.4 is 21.3 Å². The second-order valence-electron chi connectivity index (χ2n) is 6.16. The van der Waals surface area contributed by atoms with Crippen molar-refractivity contribution in [2.24, 2.45) is 5.73 Å². The number of carbonyl (C=O) groups excluding carboxylic acids is 1. The van der Waals surface area contributed by atoms with Crippen LogP contribution >= 0.6 is 0 Å². The molecule has 1 saturated heterocycles. The molecule has 1 aliphatic rings. The molecule has 7 nitrogen and oxygen atoms in total. The van der Waals surface area contributed by atoms with Crippen molar-refractivity contribution < 1.29 is 4.79 Å². The van der Waals surface area contributed by atoms with Gasteiger partial charge < -0.3 is 21.3 Å². The molecule has 132 valence electrons. The Kier molecular flexibility index (Phi) is 5.45. The molecular formula is C18H24N6O. The summed E-state index contributed by atoms with van der Waals surface area (Å²) in [6, 6.07) is 11.3. The molecule has 25 heavy (non-hydrogen) atoms. The van der Waals surface area contributed by atoms with Gasteiger partial charge in [-0.2, -0.15) is 0 Å².